The maximum absolute atomic E-state index is 2.36. The molecule has 0 N–H and O–H groups in total. The number of fused-ring (bicyclic) bond motifs is 1. The van der Waals surface area contributed by atoms with Crippen LogP contribution in [0.5, 0.6) is 0 Å². The molecule has 0 aliphatic rings. The van der Waals surface area contributed by atoms with Crippen molar-refractivity contribution >= 4 is 33.2 Å². The molecule has 0 spiro atoms. The first-order valence-corrected chi connectivity index (χ1v) is 10.4. The van der Waals surface area contributed by atoms with E-state index in [4.69, 9.17) is 0 Å². The third kappa shape index (κ3) is 3.81. The number of hydrogen-bond donors (Lipinski definition) is 0. The van der Waals surface area contributed by atoms with Gasteiger partial charge in [-0.25, -0.2) is 0 Å². The highest BCUT2D eigenvalue weighted by Crippen LogP contribution is 2.42. The molecule has 1 aromatic heterocycles. The van der Waals surface area contributed by atoms with Crippen LogP contribution in [0, 0.1) is 6.92 Å². The van der Waals surface area contributed by atoms with Crippen LogP contribution < -0.4 is 0 Å². The zero-order valence-corrected chi connectivity index (χ0v) is 15.8. The van der Waals surface area contributed by atoms with Gasteiger partial charge in [-0.1, -0.05) is 78.4 Å². The summed E-state index contributed by atoms with van der Waals surface area (Å²) in [5.41, 5.74) is 4.08. The summed E-state index contributed by atoms with van der Waals surface area (Å²) in [4.78, 5) is 1.44. The van der Waals surface area contributed by atoms with Crippen LogP contribution in [0.2, 0.25) is 0 Å². The van der Waals surface area contributed by atoms with E-state index >= 15 is 0 Å². The van der Waals surface area contributed by atoms with Gasteiger partial charge in [-0.05, 0) is 35.6 Å². The third-order valence-electron chi connectivity index (χ3n) is 4.34. The molecule has 0 amide bonds. The van der Waals surface area contributed by atoms with Gasteiger partial charge in [0.25, 0.3) is 0 Å². The molecule has 4 rings (SSSR count). The molecule has 0 saturated carbocycles. The van der Waals surface area contributed by atoms with Crippen molar-refractivity contribution in [2.75, 3.05) is 0 Å². The van der Waals surface area contributed by atoms with Crippen molar-refractivity contribution in [1.82, 2.24) is 0 Å². The van der Waals surface area contributed by atoms with E-state index in [1.165, 1.54) is 31.7 Å². The number of aryl methyl sites for hydroxylation is 1. The van der Waals surface area contributed by atoms with Crippen molar-refractivity contribution in [2.24, 2.45) is 0 Å². The summed E-state index contributed by atoms with van der Waals surface area (Å²) in [6, 6.07) is 30.8. The maximum atomic E-state index is 2.36. The molecular weight excluding hydrogens is 340 g/mol. The topological polar surface area (TPSA) is 0 Å². The first-order valence-electron chi connectivity index (χ1n) is 8.50. The molecule has 0 nitrogen and oxygen atoms in total. The first-order chi connectivity index (χ1) is 12.3. The van der Waals surface area contributed by atoms with Crippen LogP contribution in [0.3, 0.4) is 0 Å². The maximum Gasteiger partial charge on any atom is 0.0643 e. The van der Waals surface area contributed by atoms with Crippen LogP contribution in [-0.4, -0.2) is 0 Å². The van der Waals surface area contributed by atoms with Gasteiger partial charge >= 0.3 is 0 Å². The molecule has 1 unspecified atom stereocenters. The lowest BCUT2D eigenvalue weighted by molar-refractivity contribution is 1.18. The predicted molar refractivity (Wildman–Crippen MR) is 113 cm³/mol. The Kier molecular flexibility index (Phi) is 4.91. The van der Waals surface area contributed by atoms with Crippen molar-refractivity contribution in [3.05, 3.63) is 106 Å². The van der Waals surface area contributed by atoms with Crippen LogP contribution in [0.1, 0.15) is 26.8 Å². The molecule has 0 aliphatic heterocycles. The Labute approximate surface area is 157 Å². The molecular formula is C23H20S2. The molecule has 0 radical (unpaired) electrons. The summed E-state index contributed by atoms with van der Waals surface area (Å²) in [5.74, 6) is 1.02. The summed E-state index contributed by atoms with van der Waals surface area (Å²) >= 11 is 3.93. The Morgan fingerprint density at radius 2 is 1.56 bits per heavy atom. The third-order valence-corrected chi connectivity index (χ3v) is 7.03. The molecule has 124 valence electrons. The van der Waals surface area contributed by atoms with Gasteiger partial charge in [0.1, 0.15) is 0 Å². The Morgan fingerprint density at radius 1 is 0.840 bits per heavy atom. The Hall–Kier alpha value is -2.03. The van der Waals surface area contributed by atoms with Gasteiger partial charge < -0.3 is 0 Å². The van der Waals surface area contributed by atoms with Crippen molar-refractivity contribution < 1.29 is 0 Å². The molecule has 25 heavy (non-hydrogen) atoms. The fraction of sp³-hybridized carbons (Fsp3) is 0.130. The van der Waals surface area contributed by atoms with E-state index in [-0.39, 0.29) is 0 Å². The average Bonchev–Trinajstić information content (AvgIpc) is 3.08. The normalized spacial score (nSPS) is 12.4. The summed E-state index contributed by atoms with van der Waals surface area (Å²) in [6.07, 6.45) is 0. The molecule has 1 atom stereocenters. The van der Waals surface area contributed by atoms with Crippen LogP contribution in [0.25, 0.3) is 10.1 Å². The van der Waals surface area contributed by atoms with E-state index < -0.39 is 0 Å². The van der Waals surface area contributed by atoms with Gasteiger partial charge in [-0.3, -0.25) is 0 Å². The SMILES string of the molecule is Cc1ccc(C(SCc2ccccc2)c2cc3ccccc3s2)cc1. The Balaban J connectivity index is 1.68. The number of benzene rings is 3. The van der Waals surface area contributed by atoms with Gasteiger partial charge in [-0.2, -0.15) is 0 Å². The molecule has 0 fully saturated rings. The summed E-state index contributed by atoms with van der Waals surface area (Å²) in [6.45, 7) is 2.15. The van der Waals surface area contributed by atoms with Crippen molar-refractivity contribution in [3.8, 4) is 0 Å². The van der Waals surface area contributed by atoms with E-state index in [0.29, 0.717) is 5.25 Å². The summed E-state index contributed by atoms with van der Waals surface area (Å²) in [5, 5.41) is 1.72. The van der Waals surface area contributed by atoms with Crippen LogP contribution in [-0.2, 0) is 5.75 Å². The average molecular weight is 361 g/mol. The first kappa shape index (κ1) is 16.4. The minimum Gasteiger partial charge on any atom is -0.143 e. The van der Waals surface area contributed by atoms with Crippen molar-refractivity contribution in [1.29, 1.82) is 0 Å². The highest BCUT2D eigenvalue weighted by Gasteiger charge is 2.17. The van der Waals surface area contributed by atoms with Crippen LogP contribution in [0.4, 0.5) is 0 Å². The van der Waals surface area contributed by atoms with E-state index in [2.05, 4.69) is 91.9 Å². The Bertz CT molecular complexity index is 919. The lowest BCUT2D eigenvalue weighted by Crippen LogP contribution is -1.95. The van der Waals surface area contributed by atoms with E-state index in [1.807, 2.05) is 23.1 Å². The fourth-order valence-corrected chi connectivity index (χ4v) is 5.53. The lowest BCUT2D eigenvalue weighted by Gasteiger charge is -2.16. The zero-order valence-electron chi connectivity index (χ0n) is 14.2. The molecule has 4 aromatic rings. The summed E-state index contributed by atoms with van der Waals surface area (Å²) < 4.78 is 1.37. The van der Waals surface area contributed by atoms with E-state index in [9.17, 15) is 0 Å². The van der Waals surface area contributed by atoms with Crippen LogP contribution in [0.15, 0.2) is 84.9 Å². The van der Waals surface area contributed by atoms with Gasteiger partial charge in [0.15, 0.2) is 0 Å². The molecule has 0 aliphatic carbocycles. The predicted octanol–water partition coefficient (Wildman–Crippen LogP) is 7.23. The summed E-state index contributed by atoms with van der Waals surface area (Å²) in [7, 11) is 0. The van der Waals surface area contributed by atoms with E-state index in [1.54, 1.807) is 0 Å². The van der Waals surface area contributed by atoms with Crippen LogP contribution >= 0.6 is 23.1 Å². The zero-order chi connectivity index (χ0) is 17.1. The number of hydrogen-bond acceptors (Lipinski definition) is 2. The number of thioether (sulfide) groups is 1. The number of thiophene rings is 1. The highest BCUT2D eigenvalue weighted by molar-refractivity contribution is 7.99. The number of rotatable bonds is 5. The second-order valence-electron chi connectivity index (χ2n) is 6.27. The molecule has 1 heterocycles. The van der Waals surface area contributed by atoms with Gasteiger partial charge in [0.05, 0.1) is 5.25 Å². The van der Waals surface area contributed by atoms with E-state index in [0.717, 1.165) is 5.75 Å². The Morgan fingerprint density at radius 3 is 2.32 bits per heavy atom. The molecule has 2 heteroatoms. The quantitative estimate of drug-likeness (QED) is 0.362. The van der Waals surface area contributed by atoms with Crippen molar-refractivity contribution in [2.45, 2.75) is 17.9 Å². The minimum atomic E-state index is 0.373. The lowest BCUT2D eigenvalue weighted by atomic mass is 10.1. The van der Waals surface area contributed by atoms with Gasteiger partial charge in [0, 0.05) is 15.3 Å². The monoisotopic (exact) mass is 360 g/mol. The fourth-order valence-electron chi connectivity index (χ4n) is 2.97. The molecule has 0 bridgehead atoms. The largest absolute Gasteiger partial charge is 0.143 e. The second kappa shape index (κ2) is 7.47. The highest BCUT2D eigenvalue weighted by atomic mass is 32.2. The van der Waals surface area contributed by atoms with Gasteiger partial charge in [-0.15, -0.1) is 23.1 Å². The molecule has 0 saturated heterocycles. The van der Waals surface area contributed by atoms with Gasteiger partial charge in [0.2, 0.25) is 0 Å². The minimum absolute atomic E-state index is 0.373. The van der Waals surface area contributed by atoms with Crippen molar-refractivity contribution in [3.63, 3.8) is 0 Å². The smallest absolute Gasteiger partial charge is 0.0643 e. The second-order valence-corrected chi connectivity index (χ2v) is 8.48. The standard InChI is InChI=1S/C23H20S2/c1-17-11-13-19(14-12-17)23(24-16-18-7-3-2-4-8-18)22-15-20-9-5-6-10-21(20)25-22/h2-15,23H,16H2,1H3. The molecule has 3 aromatic carbocycles.